The lowest BCUT2D eigenvalue weighted by Gasteiger charge is -2.04. The monoisotopic (exact) mass is 308 g/mol. The average Bonchev–Trinajstić information content (AvgIpc) is 3.22. The van der Waals surface area contributed by atoms with Gasteiger partial charge < -0.3 is 15.2 Å². The summed E-state index contributed by atoms with van der Waals surface area (Å²) in [6.45, 7) is 1.60. The fraction of sp³-hybridized carbons (Fsp3) is 0.429. The Morgan fingerprint density at radius 1 is 1.32 bits per heavy atom. The lowest BCUT2D eigenvalue weighted by atomic mass is 10.2. The van der Waals surface area contributed by atoms with Crippen molar-refractivity contribution in [3.8, 4) is 0 Å². The van der Waals surface area contributed by atoms with Crippen LogP contribution in [0.5, 0.6) is 0 Å². The zero-order chi connectivity index (χ0) is 16.3. The van der Waals surface area contributed by atoms with E-state index in [-0.39, 0.29) is 18.9 Å². The summed E-state index contributed by atoms with van der Waals surface area (Å²) in [5.41, 5.74) is 0.309. The fourth-order valence-electron chi connectivity index (χ4n) is 2.41. The molecule has 0 bridgehead atoms. The third kappa shape index (κ3) is 3.22. The number of nitrogens with zero attached hydrogens (tertiary/aromatic N) is 1. The lowest BCUT2D eigenvalue weighted by Crippen LogP contribution is -2.18. The standard InChI is InChI=1S/C14H16N2O6/c1-2-22-14(19)12-10(7-17)11(12)13(18)15-8-3-5-9(6-4-8)16(20)21/h3-6,10-12,17H,2,7H2,1H3,(H,15,18)/t10-,11+,12-/m1/s1. The van der Waals surface area contributed by atoms with Crippen molar-refractivity contribution in [2.45, 2.75) is 6.92 Å². The van der Waals surface area contributed by atoms with Gasteiger partial charge in [-0.25, -0.2) is 0 Å². The molecular formula is C14H16N2O6. The van der Waals surface area contributed by atoms with Gasteiger partial charge >= 0.3 is 5.97 Å². The van der Waals surface area contributed by atoms with Crippen molar-refractivity contribution in [3.63, 3.8) is 0 Å². The molecule has 0 heterocycles. The number of carbonyl (C=O) groups is 2. The summed E-state index contributed by atoms with van der Waals surface area (Å²) in [6, 6.07) is 5.36. The molecule has 1 aromatic rings. The summed E-state index contributed by atoms with van der Waals surface area (Å²) in [6.07, 6.45) is 0. The highest BCUT2D eigenvalue weighted by Gasteiger charge is 2.59. The van der Waals surface area contributed by atoms with E-state index in [2.05, 4.69) is 5.32 Å². The van der Waals surface area contributed by atoms with Gasteiger partial charge in [-0.3, -0.25) is 19.7 Å². The van der Waals surface area contributed by atoms with Gasteiger partial charge in [0.25, 0.3) is 5.69 Å². The molecule has 118 valence electrons. The number of carbonyl (C=O) groups excluding carboxylic acids is 2. The number of hydrogen-bond acceptors (Lipinski definition) is 6. The van der Waals surface area contributed by atoms with E-state index in [0.29, 0.717) is 5.69 Å². The van der Waals surface area contributed by atoms with E-state index in [9.17, 15) is 24.8 Å². The van der Waals surface area contributed by atoms with E-state index < -0.39 is 34.6 Å². The Hall–Kier alpha value is -2.48. The summed E-state index contributed by atoms with van der Waals surface area (Å²) in [5, 5.41) is 22.3. The molecule has 0 aliphatic heterocycles. The van der Waals surface area contributed by atoms with Crippen molar-refractivity contribution in [2.24, 2.45) is 17.8 Å². The second-order valence-electron chi connectivity index (χ2n) is 4.94. The first kappa shape index (κ1) is 15.9. The molecule has 1 aliphatic carbocycles. The number of nitrogens with one attached hydrogen (secondary N) is 1. The number of aliphatic hydroxyl groups is 1. The van der Waals surface area contributed by atoms with Gasteiger partial charge in [-0.05, 0) is 19.1 Å². The topological polar surface area (TPSA) is 119 Å². The number of aliphatic hydroxyl groups excluding tert-OH is 1. The van der Waals surface area contributed by atoms with Crippen LogP contribution in [-0.4, -0.2) is 35.1 Å². The Morgan fingerprint density at radius 2 is 1.95 bits per heavy atom. The first-order chi connectivity index (χ1) is 10.5. The van der Waals surface area contributed by atoms with Gasteiger partial charge in [0.2, 0.25) is 5.91 Å². The molecular weight excluding hydrogens is 292 g/mol. The molecule has 22 heavy (non-hydrogen) atoms. The van der Waals surface area contributed by atoms with Crippen LogP contribution in [-0.2, 0) is 14.3 Å². The van der Waals surface area contributed by atoms with Gasteiger partial charge in [0.05, 0.1) is 23.4 Å². The van der Waals surface area contributed by atoms with Crippen LogP contribution in [0.3, 0.4) is 0 Å². The Kier molecular flexibility index (Phi) is 4.71. The SMILES string of the molecule is CCOC(=O)[C@@H]1[C@H](CO)[C@@H]1C(=O)Nc1ccc([N+](=O)[O-])cc1. The quantitative estimate of drug-likeness (QED) is 0.459. The Bertz CT molecular complexity index is 586. The van der Waals surface area contributed by atoms with Crippen molar-refractivity contribution < 1.29 is 24.4 Å². The normalized spacial score (nSPS) is 22.7. The molecule has 8 heteroatoms. The second kappa shape index (κ2) is 6.52. The van der Waals surface area contributed by atoms with Crippen LogP contribution in [0.4, 0.5) is 11.4 Å². The Labute approximate surface area is 126 Å². The van der Waals surface area contributed by atoms with Crippen LogP contribution in [0.25, 0.3) is 0 Å². The molecule has 1 aromatic carbocycles. The molecule has 0 aromatic heterocycles. The number of anilines is 1. The van der Waals surface area contributed by atoms with Gasteiger partial charge in [0.1, 0.15) is 0 Å². The fourth-order valence-corrected chi connectivity index (χ4v) is 2.41. The highest BCUT2D eigenvalue weighted by molar-refractivity contribution is 5.99. The van der Waals surface area contributed by atoms with Crippen molar-refractivity contribution in [1.29, 1.82) is 0 Å². The maximum absolute atomic E-state index is 12.1. The van der Waals surface area contributed by atoms with Gasteiger partial charge in [-0.2, -0.15) is 0 Å². The summed E-state index contributed by atoms with van der Waals surface area (Å²) in [4.78, 5) is 33.8. The molecule has 2 N–H and O–H groups in total. The number of benzene rings is 1. The highest BCUT2D eigenvalue weighted by atomic mass is 16.6. The summed E-state index contributed by atoms with van der Waals surface area (Å²) in [7, 11) is 0. The first-order valence-corrected chi connectivity index (χ1v) is 6.82. The number of esters is 1. The van der Waals surface area contributed by atoms with Gasteiger partial charge in [0.15, 0.2) is 0 Å². The van der Waals surface area contributed by atoms with Crippen LogP contribution in [0.1, 0.15) is 6.92 Å². The van der Waals surface area contributed by atoms with E-state index in [1.54, 1.807) is 6.92 Å². The van der Waals surface area contributed by atoms with Crippen molar-refractivity contribution >= 4 is 23.3 Å². The first-order valence-electron chi connectivity index (χ1n) is 6.82. The number of rotatable bonds is 6. The molecule has 1 amide bonds. The van der Waals surface area contributed by atoms with E-state index in [1.165, 1.54) is 24.3 Å². The van der Waals surface area contributed by atoms with E-state index in [0.717, 1.165) is 0 Å². The van der Waals surface area contributed by atoms with Crippen molar-refractivity contribution in [1.82, 2.24) is 0 Å². The van der Waals surface area contributed by atoms with Crippen LogP contribution in [0.2, 0.25) is 0 Å². The van der Waals surface area contributed by atoms with Crippen molar-refractivity contribution in [2.75, 3.05) is 18.5 Å². The Balaban J connectivity index is 2.00. The minimum absolute atomic E-state index is 0.0814. The van der Waals surface area contributed by atoms with Crippen LogP contribution in [0, 0.1) is 27.9 Å². The highest BCUT2D eigenvalue weighted by Crippen LogP contribution is 2.47. The van der Waals surface area contributed by atoms with Crippen molar-refractivity contribution in [3.05, 3.63) is 34.4 Å². The van der Waals surface area contributed by atoms with E-state index in [1.807, 2.05) is 0 Å². The third-order valence-corrected chi connectivity index (χ3v) is 3.59. The predicted octanol–water partition coefficient (Wildman–Crippen LogP) is 0.951. The van der Waals surface area contributed by atoms with Crippen LogP contribution >= 0.6 is 0 Å². The van der Waals surface area contributed by atoms with Gasteiger partial charge in [-0.1, -0.05) is 0 Å². The summed E-state index contributed by atoms with van der Waals surface area (Å²) in [5.74, 6) is -2.63. The molecule has 0 spiro atoms. The van der Waals surface area contributed by atoms with E-state index in [4.69, 9.17) is 4.74 Å². The molecule has 0 saturated heterocycles. The van der Waals surface area contributed by atoms with Gasteiger partial charge in [-0.15, -0.1) is 0 Å². The maximum Gasteiger partial charge on any atom is 0.310 e. The lowest BCUT2D eigenvalue weighted by molar-refractivity contribution is -0.384. The molecule has 0 unspecified atom stereocenters. The molecule has 0 radical (unpaired) electrons. The molecule has 2 rings (SSSR count). The zero-order valence-corrected chi connectivity index (χ0v) is 11.9. The largest absolute Gasteiger partial charge is 0.466 e. The molecule has 8 nitrogen and oxygen atoms in total. The number of nitro benzene ring substituents is 1. The summed E-state index contributed by atoms with van der Waals surface area (Å²) < 4.78 is 4.87. The number of amides is 1. The minimum Gasteiger partial charge on any atom is -0.466 e. The smallest absolute Gasteiger partial charge is 0.310 e. The maximum atomic E-state index is 12.1. The number of hydrogen-bond donors (Lipinski definition) is 2. The third-order valence-electron chi connectivity index (χ3n) is 3.59. The molecule has 1 saturated carbocycles. The molecule has 1 fully saturated rings. The predicted molar refractivity (Wildman–Crippen MR) is 75.9 cm³/mol. The second-order valence-corrected chi connectivity index (χ2v) is 4.94. The zero-order valence-electron chi connectivity index (χ0n) is 11.9. The molecule has 1 aliphatic rings. The Morgan fingerprint density at radius 3 is 2.45 bits per heavy atom. The van der Waals surface area contributed by atoms with Gasteiger partial charge in [0, 0.05) is 30.3 Å². The molecule has 3 atom stereocenters. The number of non-ortho nitro benzene ring substituents is 1. The van der Waals surface area contributed by atoms with Crippen LogP contribution in [0.15, 0.2) is 24.3 Å². The number of ether oxygens (including phenoxy) is 1. The van der Waals surface area contributed by atoms with Crippen LogP contribution < -0.4 is 5.32 Å². The summed E-state index contributed by atoms with van der Waals surface area (Å²) >= 11 is 0. The minimum atomic E-state index is -0.640. The number of nitro groups is 1. The van der Waals surface area contributed by atoms with E-state index >= 15 is 0 Å². The average molecular weight is 308 g/mol.